The lowest BCUT2D eigenvalue weighted by atomic mass is 10.2. The first-order valence-corrected chi connectivity index (χ1v) is 9.34. The van der Waals surface area contributed by atoms with E-state index in [1.165, 1.54) is 5.56 Å². The van der Waals surface area contributed by atoms with Crippen LogP contribution in [0.25, 0.3) is 0 Å². The Balaban J connectivity index is 1.42. The number of aromatic nitrogens is 2. The summed E-state index contributed by atoms with van der Waals surface area (Å²) in [6.07, 6.45) is 3.61. The van der Waals surface area contributed by atoms with E-state index in [1.807, 2.05) is 46.0 Å². The molecule has 0 saturated carbocycles. The summed E-state index contributed by atoms with van der Waals surface area (Å²) < 4.78 is 2.00. The van der Waals surface area contributed by atoms with Crippen molar-refractivity contribution in [2.75, 3.05) is 31.1 Å². The van der Waals surface area contributed by atoms with Crippen LogP contribution in [0.5, 0.6) is 0 Å². The molecule has 0 bridgehead atoms. The number of hydrogen-bond acceptors (Lipinski definition) is 4. The van der Waals surface area contributed by atoms with Gasteiger partial charge in [0.15, 0.2) is 0 Å². The van der Waals surface area contributed by atoms with E-state index in [-0.39, 0.29) is 5.91 Å². The maximum atomic E-state index is 13.0. The first kappa shape index (κ1) is 17.8. The lowest BCUT2D eigenvalue weighted by molar-refractivity contribution is 0.0736. The number of pyridine rings is 1. The van der Waals surface area contributed by atoms with Crippen LogP contribution < -0.4 is 4.90 Å². The highest BCUT2D eigenvalue weighted by molar-refractivity contribution is 5.93. The van der Waals surface area contributed by atoms with Crippen LogP contribution in [0, 0.1) is 11.3 Å². The highest BCUT2D eigenvalue weighted by atomic mass is 16.2. The summed E-state index contributed by atoms with van der Waals surface area (Å²) >= 11 is 0. The molecule has 1 saturated heterocycles. The Morgan fingerprint density at radius 1 is 1.04 bits per heavy atom. The second-order valence-corrected chi connectivity index (χ2v) is 6.80. The lowest BCUT2D eigenvalue weighted by Crippen LogP contribution is -2.49. The number of hydrogen-bond donors (Lipinski definition) is 0. The molecule has 1 aliphatic heterocycles. The van der Waals surface area contributed by atoms with Gasteiger partial charge in [-0.3, -0.25) is 4.79 Å². The van der Waals surface area contributed by atoms with E-state index in [4.69, 9.17) is 5.26 Å². The fraction of sp³-hybridized carbons (Fsp3) is 0.227. The number of benzene rings is 1. The van der Waals surface area contributed by atoms with Gasteiger partial charge < -0.3 is 14.4 Å². The van der Waals surface area contributed by atoms with Gasteiger partial charge in [0.1, 0.15) is 11.5 Å². The van der Waals surface area contributed by atoms with Crippen molar-refractivity contribution in [3.05, 3.63) is 83.8 Å². The molecule has 0 aliphatic carbocycles. The normalized spacial score (nSPS) is 14.0. The van der Waals surface area contributed by atoms with Gasteiger partial charge in [0.25, 0.3) is 5.91 Å². The van der Waals surface area contributed by atoms with Crippen LogP contribution in [-0.4, -0.2) is 46.5 Å². The summed E-state index contributed by atoms with van der Waals surface area (Å²) in [5.41, 5.74) is 2.48. The quantitative estimate of drug-likeness (QED) is 0.707. The third kappa shape index (κ3) is 3.74. The van der Waals surface area contributed by atoms with Crippen LogP contribution in [0.4, 0.5) is 5.82 Å². The lowest BCUT2D eigenvalue weighted by Gasteiger charge is -2.35. The molecule has 4 rings (SSSR count). The zero-order valence-electron chi connectivity index (χ0n) is 15.5. The summed E-state index contributed by atoms with van der Waals surface area (Å²) in [7, 11) is 0. The highest BCUT2D eigenvalue weighted by Crippen LogP contribution is 2.17. The van der Waals surface area contributed by atoms with Crippen LogP contribution >= 0.6 is 0 Å². The monoisotopic (exact) mass is 371 g/mol. The number of anilines is 1. The molecule has 6 nitrogen and oxygen atoms in total. The van der Waals surface area contributed by atoms with Gasteiger partial charge in [-0.1, -0.05) is 30.3 Å². The summed E-state index contributed by atoms with van der Waals surface area (Å²) in [6.45, 7) is 3.35. The highest BCUT2D eigenvalue weighted by Gasteiger charge is 2.24. The van der Waals surface area contributed by atoms with Gasteiger partial charge in [0.2, 0.25) is 0 Å². The minimum absolute atomic E-state index is 0.0549. The zero-order chi connectivity index (χ0) is 19.3. The van der Waals surface area contributed by atoms with Crippen molar-refractivity contribution < 1.29 is 4.79 Å². The topological polar surface area (TPSA) is 65.2 Å². The average molecular weight is 371 g/mol. The Morgan fingerprint density at radius 2 is 1.82 bits per heavy atom. The van der Waals surface area contributed by atoms with E-state index in [1.54, 1.807) is 18.3 Å². The molecule has 1 fully saturated rings. The molecule has 6 heteroatoms. The first-order chi connectivity index (χ1) is 13.7. The Hall–Kier alpha value is -3.59. The summed E-state index contributed by atoms with van der Waals surface area (Å²) in [6, 6.07) is 19.6. The summed E-state index contributed by atoms with van der Waals surface area (Å²) in [4.78, 5) is 21.4. The molecule has 0 N–H and O–H groups in total. The van der Waals surface area contributed by atoms with E-state index in [0.717, 1.165) is 5.82 Å². The van der Waals surface area contributed by atoms with Crippen molar-refractivity contribution in [2.45, 2.75) is 6.54 Å². The molecule has 3 heterocycles. The van der Waals surface area contributed by atoms with Crippen molar-refractivity contribution in [1.29, 1.82) is 5.26 Å². The van der Waals surface area contributed by atoms with Crippen LogP contribution in [0.15, 0.2) is 67.0 Å². The second kappa shape index (κ2) is 7.97. The molecular formula is C22H21N5O. The molecule has 0 unspecified atom stereocenters. The molecule has 2 aromatic heterocycles. The molecule has 1 aromatic carbocycles. The Morgan fingerprint density at radius 3 is 2.57 bits per heavy atom. The fourth-order valence-electron chi connectivity index (χ4n) is 3.49. The van der Waals surface area contributed by atoms with Gasteiger partial charge in [-0.2, -0.15) is 5.26 Å². The van der Waals surface area contributed by atoms with Crippen LogP contribution in [0.1, 0.15) is 21.6 Å². The Labute approximate surface area is 164 Å². The second-order valence-electron chi connectivity index (χ2n) is 6.80. The number of amides is 1. The molecule has 0 radical (unpaired) electrons. The molecule has 0 spiro atoms. The molecule has 3 aromatic rings. The minimum atomic E-state index is 0.0549. The standard InChI is InChI=1S/C22H21N5O/c23-16-19-8-9-24-21(15-19)25-11-13-26(14-12-25)22(28)20-7-4-10-27(20)17-18-5-2-1-3-6-18/h1-10,15H,11-14,17H2. The van der Waals surface area contributed by atoms with Gasteiger partial charge >= 0.3 is 0 Å². The summed E-state index contributed by atoms with van der Waals surface area (Å²) in [5, 5.41) is 9.06. The van der Waals surface area contributed by atoms with Crippen molar-refractivity contribution in [3.8, 4) is 6.07 Å². The van der Waals surface area contributed by atoms with E-state index in [0.29, 0.717) is 44.0 Å². The van der Waals surface area contributed by atoms with Gasteiger partial charge in [-0.05, 0) is 29.8 Å². The predicted molar refractivity (Wildman–Crippen MR) is 107 cm³/mol. The fourth-order valence-corrected chi connectivity index (χ4v) is 3.49. The van der Waals surface area contributed by atoms with E-state index in [2.05, 4.69) is 28.1 Å². The predicted octanol–water partition coefficient (Wildman–Crippen LogP) is 2.77. The molecular weight excluding hydrogens is 350 g/mol. The number of carbonyl (C=O) groups is 1. The Kier molecular flexibility index (Phi) is 5.07. The van der Waals surface area contributed by atoms with Gasteiger partial charge in [0.05, 0.1) is 11.6 Å². The molecule has 1 aliphatic rings. The third-order valence-corrected chi connectivity index (χ3v) is 5.01. The van der Waals surface area contributed by atoms with Crippen molar-refractivity contribution in [3.63, 3.8) is 0 Å². The average Bonchev–Trinajstić information content (AvgIpc) is 3.22. The molecule has 0 atom stereocenters. The number of rotatable bonds is 4. The van der Waals surface area contributed by atoms with Crippen LogP contribution in [-0.2, 0) is 6.54 Å². The van der Waals surface area contributed by atoms with Gasteiger partial charge in [-0.25, -0.2) is 4.98 Å². The number of carbonyl (C=O) groups excluding carboxylic acids is 1. The molecule has 1 amide bonds. The van der Waals surface area contributed by atoms with Gasteiger partial charge in [0, 0.05) is 45.1 Å². The molecule has 140 valence electrons. The van der Waals surface area contributed by atoms with Crippen molar-refractivity contribution in [2.24, 2.45) is 0 Å². The Bertz CT molecular complexity index is 997. The number of nitriles is 1. The SMILES string of the molecule is N#Cc1ccnc(N2CCN(C(=O)c3cccn3Cc3ccccc3)CC2)c1. The maximum absolute atomic E-state index is 13.0. The minimum Gasteiger partial charge on any atom is -0.353 e. The van der Waals surface area contributed by atoms with Crippen LogP contribution in [0.3, 0.4) is 0 Å². The van der Waals surface area contributed by atoms with E-state index in [9.17, 15) is 4.79 Å². The van der Waals surface area contributed by atoms with Crippen molar-refractivity contribution in [1.82, 2.24) is 14.5 Å². The van der Waals surface area contributed by atoms with Gasteiger partial charge in [-0.15, -0.1) is 0 Å². The van der Waals surface area contributed by atoms with E-state index < -0.39 is 0 Å². The number of piperazine rings is 1. The first-order valence-electron chi connectivity index (χ1n) is 9.34. The van der Waals surface area contributed by atoms with Crippen molar-refractivity contribution >= 4 is 11.7 Å². The number of nitrogens with zero attached hydrogens (tertiary/aromatic N) is 5. The largest absolute Gasteiger partial charge is 0.353 e. The maximum Gasteiger partial charge on any atom is 0.270 e. The third-order valence-electron chi connectivity index (χ3n) is 5.01. The van der Waals surface area contributed by atoms with Crippen LogP contribution in [0.2, 0.25) is 0 Å². The van der Waals surface area contributed by atoms with E-state index >= 15 is 0 Å². The molecule has 28 heavy (non-hydrogen) atoms. The smallest absolute Gasteiger partial charge is 0.270 e. The summed E-state index contributed by atoms with van der Waals surface area (Å²) in [5.74, 6) is 0.845. The zero-order valence-corrected chi connectivity index (χ0v) is 15.5.